The van der Waals surface area contributed by atoms with E-state index in [4.69, 9.17) is 20.9 Å². The first kappa shape index (κ1) is 12.0. The van der Waals surface area contributed by atoms with E-state index < -0.39 is 6.09 Å². The van der Waals surface area contributed by atoms with Crippen molar-refractivity contribution >= 4 is 22.7 Å². The van der Waals surface area contributed by atoms with Crippen molar-refractivity contribution in [2.24, 2.45) is 5.73 Å². The van der Waals surface area contributed by atoms with E-state index in [1.165, 1.54) is 7.11 Å². The van der Waals surface area contributed by atoms with E-state index >= 15 is 0 Å². The van der Waals surface area contributed by atoms with Gasteiger partial charge in [-0.05, 0) is 23.6 Å². The Morgan fingerprint density at radius 2 is 2.22 bits per heavy atom. The largest absolute Gasteiger partial charge is 0.496 e. The second-order valence-electron chi connectivity index (χ2n) is 3.69. The molecule has 0 unspecified atom stereocenters. The van der Waals surface area contributed by atoms with Crippen LogP contribution in [0.3, 0.4) is 0 Å². The molecule has 4 N–H and O–H groups in total. The normalized spacial score (nSPS) is 10.3. The van der Waals surface area contributed by atoms with Gasteiger partial charge >= 0.3 is 6.09 Å². The number of methoxy groups -OCH3 is 1. The highest BCUT2D eigenvalue weighted by Crippen LogP contribution is 2.28. The standard InChI is InChI=1S/C12H13N3O3/c1-17-10-5-9-7(2-3-15-11(9)13)4-8(10)6-18-12(14)16/h2-5H,6H2,1H3,(H2,13,15)(H2,14,16). The van der Waals surface area contributed by atoms with Crippen molar-refractivity contribution in [3.8, 4) is 5.75 Å². The van der Waals surface area contributed by atoms with Gasteiger partial charge in [0.2, 0.25) is 0 Å². The van der Waals surface area contributed by atoms with Crippen molar-refractivity contribution in [1.29, 1.82) is 0 Å². The van der Waals surface area contributed by atoms with Gasteiger partial charge in [-0.15, -0.1) is 0 Å². The molecule has 0 radical (unpaired) electrons. The summed E-state index contributed by atoms with van der Waals surface area (Å²) < 4.78 is 9.99. The number of pyridine rings is 1. The van der Waals surface area contributed by atoms with Gasteiger partial charge in [0.25, 0.3) is 0 Å². The number of nitrogens with zero attached hydrogens (tertiary/aromatic N) is 1. The molecular weight excluding hydrogens is 234 g/mol. The van der Waals surface area contributed by atoms with Crippen molar-refractivity contribution in [3.05, 3.63) is 30.0 Å². The van der Waals surface area contributed by atoms with Gasteiger partial charge in [-0.1, -0.05) is 0 Å². The molecule has 18 heavy (non-hydrogen) atoms. The summed E-state index contributed by atoms with van der Waals surface area (Å²) >= 11 is 0. The number of ether oxygens (including phenoxy) is 2. The molecule has 2 aromatic rings. The zero-order valence-corrected chi connectivity index (χ0v) is 9.84. The van der Waals surface area contributed by atoms with Gasteiger partial charge in [0.1, 0.15) is 18.2 Å². The molecule has 2 rings (SSSR count). The van der Waals surface area contributed by atoms with Crippen LogP contribution < -0.4 is 16.2 Å². The molecule has 0 atom stereocenters. The number of nitrogen functional groups attached to an aromatic ring is 1. The Morgan fingerprint density at radius 1 is 1.44 bits per heavy atom. The number of aromatic nitrogens is 1. The lowest BCUT2D eigenvalue weighted by atomic mass is 10.1. The number of anilines is 1. The van der Waals surface area contributed by atoms with Crippen molar-refractivity contribution in [2.75, 3.05) is 12.8 Å². The Kier molecular flexibility index (Phi) is 3.18. The highest BCUT2D eigenvalue weighted by atomic mass is 16.5. The molecule has 6 heteroatoms. The summed E-state index contributed by atoms with van der Waals surface area (Å²) in [5.41, 5.74) is 11.4. The summed E-state index contributed by atoms with van der Waals surface area (Å²) in [4.78, 5) is 14.6. The van der Waals surface area contributed by atoms with Crippen LogP contribution in [0.2, 0.25) is 0 Å². The first-order valence-corrected chi connectivity index (χ1v) is 5.25. The average molecular weight is 247 g/mol. The molecule has 1 amide bonds. The first-order chi connectivity index (χ1) is 8.61. The smallest absolute Gasteiger partial charge is 0.404 e. The fourth-order valence-corrected chi connectivity index (χ4v) is 1.72. The van der Waals surface area contributed by atoms with Crippen LogP contribution in [0.15, 0.2) is 24.4 Å². The number of benzene rings is 1. The van der Waals surface area contributed by atoms with Gasteiger partial charge < -0.3 is 20.9 Å². The fraction of sp³-hybridized carbons (Fsp3) is 0.167. The van der Waals surface area contributed by atoms with Crippen LogP contribution in [0, 0.1) is 0 Å². The van der Waals surface area contributed by atoms with Crippen molar-refractivity contribution in [1.82, 2.24) is 4.98 Å². The number of nitrogens with two attached hydrogens (primary N) is 2. The third kappa shape index (κ3) is 2.27. The molecule has 0 saturated heterocycles. The monoisotopic (exact) mass is 247 g/mol. The van der Waals surface area contributed by atoms with Crippen LogP contribution >= 0.6 is 0 Å². The van der Waals surface area contributed by atoms with Gasteiger partial charge in [0.05, 0.1) is 7.11 Å². The highest BCUT2D eigenvalue weighted by molar-refractivity contribution is 5.92. The fourth-order valence-electron chi connectivity index (χ4n) is 1.72. The number of fused-ring (bicyclic) bond motifs is 1. The van der Waals surface area contributed by atoms with Gasteiger partial charge in [-0.2, -0.15) is 0 Å². The molecule has 1 aromatic carbocycles. The van der Waals surface area contributed by atoms with E-state index in [-0.39, 0.29) is 6.61 Å². The molecule has 0 fully saturated rings. The van der Waals surface area contributed by atoms with E-state index in [0.29, 0.717) is 11.6 Å². The minimum absolute atomic E-state index is 0.0523. The van der Waals surface area contributed by atoms with Crippen molar-refractivity contribution in [3.63, 3.8) is 0 Å². The Labute approximate surface area is 103 Å². The van der Waals surface area contributed by atoms with Crippen molar-refractivity contribution < 1.29 is 14.3 Å². The van der Waals surface area contributed by atoms with E-state index in [2.05, 4.69) is 4.98 Å². The van der Waals surface area contributed by atoms with Crippen LogP contribution in [0.25, 0.3) is 10.8 Å². The molecule has 0 aliphatic rings. The number of carbonyl (C=O) groups is 1. The first-order valence-electron chi connectivity index (χ1n) is 5.25. The lowest BCUT2D eigenvalue weighted by Gasteiger charge is -2.11. The summed E-state index contributed by atoms with van der Waals surface area (Å²) in [5.74, 6) is 0.997. The number of hydrogen-bond donors (Lipinski definition) is 2. The highest BCUT2D eigenvalue weighted by Gasteiger charge is 2.09. The zero-order chi connectivity index (χ0) is 13.1. The zero-order valence-electron chi connectivity index (χ0n) is 9.84. The lowest BCUT2D eigenvalue weighted by Crippen LogP contribution is -2.13. The van der Waals surface area contributed by atoms with Crippen LogP contribution in [0.1, 0.15) is 5.56 Å². The molecule has 94 valence electrons. The number of amides is 1. The number of primary amides is 1. The van der Waals surface area contributed by atoms with Gasteiger partial charge in [-0.3, -0.25) is 0 Å². The second-order valence-corrected chi connectivity index (χ2v) is 3.69. The molecule has 1 heterocycles. The SMILES string of the molecule is COc1cc2c(N)nccc2cc1COC(N)=O. The van der Waals surface area contributed by atoms with Crippen LogP contribution in [-0.2, 0) is 11.3 Å². The molecule has 0 saturated carbocycles. The van der Waals surface area contributed by atoms with Gasteiger partial charge in [0.15, 0.2) is 0 Å². The average Bonchev–Trinajstić information content (AvgIpc) is 2.35. The third-order valence-corrected chi connectivity index (χ3v) is 2.57. The molecule has 0 aliphatic carbocycles. The summed E-state index contributed by atoms with van der Waals surface area (Å²) in [5, 5.41) is 1.68. The number of carbonyl (C=O) groups excluding carboxylic acids is 1. The van der Waals surface area contributed by atoms with Gasteiger partial charge in [-0.25, -0.2) is 9.78 Å². The van der Waals surface area contributed by atoms with Gasteiger partial charge in [0, 0.05) is 17.1 Å². The molecule has 0 aliphatic heterocycles. The lowest BCUT2D eigenvalue weighted by molar-refractivity contribution is 0.149. The maximum Gasteiger partial charge on any atom is 0.404 e. The Balaban J connectivity index is 2.49. The summed E-state index contributed by atoms with van der Waals surface area (Å²) in [6.07, 6.45) is 0.787. The van der Waals surface area contributed by atoms with E-state index in [1.807, 2.05) is 12.1 Å². The Bertz CT molecular complexity index is 598. The molecule has 6 nitrogen and oxygen atoms in total. The van der Waals surface area contributed by atoms with E-state index in [0.717, 1.165) is 16.3 Å². The summed E-state index contributed by atoms with van der Waals surface area (Å²) in [6, 6.07) is 5.41. The topological polar surface area (TPSA) is 100 Å². The molecule has 0 bridgehead atoms. The van der Waals surface area contributed by atoms with Crippen LogP contribution in [0.4, 0.5) is 10.6 Å². The Hall–Kier alpha value is -2.50. The molecule has 1 aromatic heterocycles. The third-order valence-electron chi connectivity index (χ3n) is 2.57. The summed E-state index contributed by atoms with van der Waals surface area (Å²) in [6.45, 7) is 0.0523. The minimum atomic E-state index is -0.827. The predicted molar refractivity (Wildman–Crippen MR) is 67.1 cm³/mol. The molecular formula is C12H13N3O3. The van der Waals surface area contributed by atoms with Crippen LogP contribution in [0.5, 0.6) is 5.75 Å². The van der Waals surface area contributed by atoms with Crippen molar-refractivity contribution in [2.45, 2.75) is 6.61 Å². The Morgan fingerprint density at radius 3 is 2.89 bits per heavy atom. The maximum atomic E-state index is 10.6. The van der Waals surface area contributed by atoms with E-state index in [1.54, 1.807) is 12.3 Å². The molecule has 0 spiro atoms. The number of rotatable bonds is 3. The minimum Gasteiger partial charge on any atom is -0.496 e. The number of hydrogen-bond acceptors (Lipinski definition) is 5. The quantitative estimate of drug-likeness (QED) is 0.854. The van der Waals surface area contributed by atoms with Crippen LogP contribution in [-0.4, -0.2) is 18.2 Å². The summed E-state index contributed by atoms with van der Waals surface area (Å²) in [7, 11) is 1.53. The second kappa shape index (κ2) is 4.79. The maximum absolute atomic E-state index is 10.6. The predicted octanol–water partition coefficient (Wildman–Crippen LogP) is 1.42. The van der Waals surface area contributed by atoms with E-state index in [9.17, 15) is 4.79 Å².